The van der Waals surface area contributed by atoms with Gasteiger partial charge in [0.1, 0.15) is 0 Å². The van der Waals surface area contributed by atoms with E-state index < -0.39 is 9.84 Å². The van der Waals surface area contributed by atoms with Crippen LogP contribution in [0, 0.1) is 11.8 Å². The van der Waals surface area contributed by atoms with Gasteiger partial charge in [-0.25, -0.2) is 8.42 Å². The van der Waals surface area contributed by atoms with Gasteiger partial charge in [-0.2, -0.15) is 0 Å². The van der Waals surface area contributed by atoms with Crippen molar-refractivity contribution in [1.82, 2.24) is 0 Å². The van der Waals surface area contributed by atoms with E-state index in [1.807, 2.05) is 0 Å². The molecule has 1 rings (SSSR count). The van der Waals surface area contributed by atoms with Crippen molar-refractivity contribution in [3.8, 4) is 0 Å². The average molecular weight is 232 g/mol. The summed E-state index contributed by atoms with van der Waals surface area (Å²) >= 11 is 0. The maximum atomic E-state index is 11.7. The zero-order chi connectivity index (χ0) is 11.5. The summed E-state index contributed by atoms with van der Waals surface area (Å²) in [6.07, 6.45) is 5.95. The molecule has 0 amide bonds. The van der Waals surface area contributed by atoms with Crippen molar-refractivity contribution >= 4 is 9.84 Å². The number of rotatable bonds is 4. The van der Waals surface area contributed by atoms with Crippen molar-refractivity contribution in [3.63, 3.8) is 0 Å². The Kier molecular flexibility index (Phi) is 4.63. The first-order chi connectivity index (χ1) is 6.95. The van der Waals surface area contributed by atoms with Crippen molar-refractivity contribution in [2.45, 2.75) is 58.1 Å². The van der Waals surface area contributed by atoms with Crippen LogP contribution in [-0.4, -0.2) is 19.4 Å². The Balaban J connectivity index is 2.42. The first-order valence-corrected chi connectivity index (χ1v) is 7.88. The SMILES string of the molecule is CCC1CCC(CS(=O)(=O)C(C)C)CC1. The van der Waals surface area contributed by atoms with Crippen molar-refractivity contribution < 1.29 is 8.42 Å². The van der Waals surface area contributed by atoms with Gasteiger partial charge in [-0.3, -0.25) is 0 Å². The van der Waals surface area contributed by atoms with Gasteiger partial charge in [-0.15, -0.1) is 0 Å². The van der Waals surface area contributed by atoms with Crippen LogP contribution in [0.25, 0.3) is 0 Å². The van der Waals surface area contributed by atoms with E-state index in [4.69, 9.17) is 0 Å². The van der Waals surface area contributed by atoms with Crippen LogP contribution in [0.3, 0.4) is 0 Å². The molecule has 0 spiro atoms. The Bertz CT molecular complexity index is 272. The smallest absolute Gasteiger partial charge is 0.152 e. The highest BCUT2D eigenvalue weighted by Crippen LogP contribution is 2.31. The molecule has 1 aliphatic rings. The highest BCUT2D eigenvalue weighted by Gasteiger charge is 2.26. The van der Waals surface area contributed by atoms with Crippen LogP contribution in [0.15, 0.2) is 0 Å². The van der Waals surface area contributed by atoms with Crippen molar-refractivity contribution in [2.75, 3.05) is 5.75 Å². The minimum Gasteiger partial charge on any atom is -0.229 e. The van der Waals surface area contributed by atoms with E-state index in [2.05, 4.69) is 6.92 Å². The highest BCUT2D eigenvalue weighted by atomic mass is 32.2. The molecule has 0 unspecified atom stereocenters. The summed E-state index contributed by atoms with van der Waals surface area (Å²) in [4.78, 5) is 0. The maximum absolute atomic E-state index is 11.7. The lowest BCUT2D eigenvalue weighted by Crippen LogP contribution is -2.26. The van der Waals surface area contributed by atoms with Crippen LogP contribution in [0.2, 0.25) is 0 Å². The zero-order valence-electron chi connectivity index (χ0n) is 10.2. The van der Waals surface area contributed by atoms with Gasteiger partial charge in [-0.05, 0) is 38.5 Å². The normalized spacial score (nSPS) is 28.3. The second-order valence-corrected chi connectivity index (χ2v) is 7.78. The lowest BCUT2D eigenvalue weighted by Gasteiger charge is -2.28. The third-order valence-corrected chi connectivity index (χ3v) is 6.10. The molecule has 0 saturated heterocycles. The van der Waals surface area contributed by atoms with Crippen LogP contribution in [0.4, 0.5) is 0 Å². The van der Waals surface area contributed by atoms with E-state index >= 15 is 0 Å². The number of hydrogen-bond acceptors (Lipinski definition) is 2. The fraction of sp³-hybridized carbons (Fsp3) is 1.00. The number of sulfone groups is 1. The molecule has 3 heteroatoms. The van der Waals surface area contributed by atoms with Crippen LogP contribution < -0.4 is 0 Å². The largest absolute Gasteiger partial charge is 0.229 e. The van der Waals surface area contributed by atoms with E-state index in [1.165, 1.54) is 19.3 Å². The Hall–Kier alpha value is -0.0500. The monoisotopic (exact) mass is 232 g/mol. The van der Waals surface area contributed by atoms with E-state index in [1.54, 1.807) is 13.8 Å². The summed E-state index contributed by atoms with van der Waals surface area (Å²) in [5, 5.41) is -0.207. The second kappa shape index (κ2) is 5.33. The first-order valence-electron chi connectivity index (χ1n) is 6.17. The predicted molar refractivity (Wildman–Crippen MR) is 64.7 cm³/mol. The van der Waals surface area contributed by atoms with E-state index in [-0.39, 0.29) is 5.25 Å². The molecule has 0 aromatic heterocycles. The topological polar surface area (TPSA) is 34.1 Å². The van der Waals surface area contributed by atoms with Gasteiger partial charge in [0.2, 0.25) is 0 Å². The minimum atomic E-state index is -2.82. The molecule has 0 heterocycles. The Morgan fingerprint density at radius 1 is 1.07 bits per heavy atom. The summed E-state index contributed by atoms with van der Waals surface area (Å²) in [6.45, 7) is 5.80. The summed E-state index contributed by atoms with van der Waals surface area (Å²) in [7, 11) is -2.82. The predicted octanol–water partition coefficient (Wildman–Crippen LogP) is 3.03. The highest BCUT2D eigenvalue weighted by molar-refractivity contribution is 7.91. The second-order valence-electron chi connectivity index (χ2n) is 5.17. The summed E-state index contributed by atoms with van der Waals surface area (Å²) in [6, 6.07) is 0. The van der Waals surface area contributed by atoms with Crippen LogP contribution in [0.5, 0.6) is 0 Å². The van der Waals surface area contributed by atoms with Crippen molar-refractivity contribution in [1.29, 1.82) is 0 Å². The fourth-order valence-corrected chi connectivity index (χ4v) is 3.70. The van der Waals surface area contributed by atoms with Crippen LogP contribution in [-0.2, 0) is 9.84 Å². The molecule has 2 nitrogen and oxygen atoms in total. The Morgan fingerprint density at radius 3 is 1.93 bits per heavy atom. The van der Waals surface area contributed by atoms with E-state index in [0.29, 0.717) is 11.7 Å². The summed E-state index contributed by atoms with van der Waals surface area (Å²) in [5.41, 5.74) is 0. The Morgan fingerprint density at radius 2 is 1.53 bits per heavy atom. The van der Waals surface area contributed by atoms with Crippen molar-refractivity contribution in [3.05, 3.63) is 0 Å². The lowest BCUT2D eigenvalue weighted by atomic mass is 9.82. The van der Waals surface area contributed by atoms with Crippen molar-refractivity contribution in [2.24, 2.45) is 11.8 Å². The van der Waals surface area contributed by atoms with Gasteiger partial charge in [0.25, 0.3) is 0 Å². The maximum Gasteiger partial charge on any atom is 0.152 e. The average Bonchev–Trinajstić information content (AvgIpc) is 2.18. The van der Waals surface area contributed by atoms with Gasteiger partial charge in [0.15, 0.2) is 9.84 Å². The van der Waals surface area contributed by atoms with Gasteiger partial charge < -0.3 is 0 Å². The molecule has 1 fully saturated rings. The molecule has 1 saturated carbocycles. The summed E-state index contributed by atoms with van der Waals surface area (Å²) in [5.74, 6) is 1.70. The molecule has 0 bridgehead atoms. The molecule has 0 aliphatic heterocycles. The van der Waals surface area contributed by atoms with Gasteiger partial charge in [0.05, 0.1) is 11.0 Å². The first kappa shape index (κ1) is 13.0. The fourth-order valence-electron chi connectivity index (χ4n) is 2.33. The Labute approximate surface area is 94.4 Å². The third-order valence-electron chi connectivity index (χ3n) is 3.73. The van der Waals surface area contributed by atoms with Crippen LogP contribution >= 0.6 is 0 Å². The molecular formula is C12H24O2S. The molecule has 0 aromatic carbocycles. The minimum absolute atomic E-state index is 0.207. The molecule has 15 heavy (non-hydrogen) atoms. The quantitative estimate of drug-likeness (QED) is 0.746. The molecule has 0 atom stereocenters. The van der Waals surface area contributed by atoms with Gasteiger partial charge in [-0.1, -0.05) is 26.2 Å². The molecule has 90 valence electrons. The third kappa shape index (κ3) is 3.78. The van der Waals surface area contributed by atoms with E-state index in [0.717, 1.165) is 18.8 Å². The number of hydrogen-bond donors (Lipinski definition) is 0. The van der Waals surface area contributed by atoms with Gasteiger partial charge >= 0.3 is 0 Å². The lowest BCUT2D eigenvalue weighted by molar-refractivity contribution is 0.285. The molecular weight excluding hydrogens is 208 g/mol. The molecule has 0 N–H and O–H groups in total. The van der Waals surface area contributed by atoms with E-state index in [9.17, 15) is 8.42 Å². The van der Waals surface area contributed by atoms with Gasteiger partial charge in [0, 0.05) is 0 Å². The van der Waals surface area contributed by atoms with Crippen LogP contribution in [0.1, 0.15) is 52.9 Å². The molecule has 0 radical (unpaired) electrons. The standard InChI is InChI=1S/C12H24O2S/c1-4-11-5-7-12(8-6-11)9-15(13,14)10(2)3/h10-12H,4-9H2,1-3H3. The molecule has 1 aliphatic carbocycles. The zero-order valence-corrected chi connectivity index (χ0v) is 11.0. The summed E-state index contributed by atoms with van der Waals surface area (Å²) < 4.78 is 23.5. The molecule has 0 aromatic rings.